The number of amides is 1. The lowest BCUT2D eigenvalue weighted by Gasteiger charge is -2.26. The van der Waals surface area contributed by atoms with E-state index in [9.17, 15) is 19.2 Å². The molecule has 0 aromatic rings. The summed E-state index contributed by atoms with van der Waals surface area (Å²) in [6.07, 6.45) is -3.62. The molecule has 1 rings (SSSR count). The van der Waals surface area contributed by atoms with Gasteiger partial charge in [0.25, 0.3) is 0 Å². The third kappa shape index (κ3) is 5.76. The van der Waals surface area contributed by atoms with Crippen molar-refractivity contribution in [3.05, 3.63) is 0 Å². The topological polar surface area (TPSA) is 117 Å². The highest BCUT2D eigenvalue weighted by atomic mass is 16.6. The van der Waals surface area contributed by atoms with Gasteiger partial charge >= 0.3 is 24.0 Å². The molecule has 1 heterocycles. The van der Waals surface area contributed by atoms with Crippen LogP contribution in [0.15, 0.2) is 0 Å². The molecular weight excluding hydrogens is 310 g/mol. The predicted octanol–water partition coefficient (Wildman–Crippen LogP) is 0.300. The van der Waals surface area contributed by atoms with Crippen molar-refractivity contribution < 1.29 is 38.1 Å². The highest BCUT2D eigenvalue weighted by molar-refractivity contribution is 5.82. The van der Waals surface area contributed by atoms with E-state index in [1.807, 2.05) is 0 Å². The Morgan fingerprint density at radius 2 is 1.91 bits per heavy atom. The van der Waals surface area contributed by atoms with Crippen LogP contribution in [0.3, 0.4) is 0 Å². The maximum atomic E-state index is 11.8. The van der Waals surface area contributed by atoms with E-state index in [1.165, 1.54) is 0 Å². The van der Waals surface area contributed by atoms with Crippen LogP contribution in [0.1, 0.15) is 34.1 Å². The minimum absolute atomic E-state index is 0.182. The largest absolute Gasteiger partial charge is 0.466 e. The van der Waals surface area contributed by atoms with Gasteiger partial charge in [-0.05, 0) is 20.8 Å². The third-order valence-corrected chi connectivity index (χ3v) is 2.78. The van der Waals surface area contributed by atoms with E-state index < -0.39 is 47.9 Å². The van der Waals surface area contributed by atoms with E-state index in [0.29, 0.717) is 0 Å². The molecule has 1 amide bonds. The SMILES string of the molecule is COC(=O)[C@@H](OC(C)=O)[C@H]1OC(=O)C[C@@H]1NC(=O)OC(C)(C)C. The first-order valence-electron chi connectivity index (χ1n) is 6.97. The molecule has 1 saturated heterocycles. The molecule has 0 unspecified atom stereocenters. The van der Waals surface area contributed by atoms with Gasteiger partial charge in [0.1, 0.15) is 5.60 Å². The van der Waals surface area contributed by atoms with Crippen LogP contribution in [0, 0.1) is 0 Å². The highest BCUT2D eigenvalue weighted by Crippen LogP contribution is 2.22. The van der Waals surface area contributed by atoms with Crippen LogP contribution in [0.2, 0.25) is 0 Å². The Labute approximate surface area is 133 Å². The van der Waals surface area contributed by atoms with Gasteiger partial charge in [0, 0.05) is 6.92 Å². The fourth-order valence-electron chi connectivity index (χ4n) is 1.99. The summed E-state index contributed by atoms with van der Waals surface area (Å²) < 4.78 is 19.5. The monoisotopic (exact) mass is 331 g/mol. The van der Waals surface area contributed by atoms with Gasteiger partial charge in [-0.1, -0.05) is 0 Å². The standard InChI is InChI=1S/C14H21NO8/c1-7(16)21-11(12(18)20-5)10-8(6-9(17)22-10)15-13(19)23-14(2,3)4/h8,10-11H,6H2,1-5H3,(H,15,19)/t8-,10-,11-/m0/s1. The zero-order valence-corrected chi connectivity index (χ0v) is 13.7. The number of carbonyl (C=O) groups is 4. The minimum atomic E-state index is -1.47. The molecule has 0 saturated carbocycles. The second kappa shape index (κ2) is 7.30. The molecule has 1 fully saturated rings. The fourth-order valence-corrected chi connectivity index (χ4v) is 1.99. The summed E-state index contributed by atoms with van der Waals surface area (Å²) >= 11 is 0. The quantitative estimate of drug-likeness (QED) is 0.577. The zero-order chi connectivity index (χ0) is 17.8. The molecule has 23 heavy (non-hydrogen) atoms. The Morgan fingerprint density at radius 1 is 1.30 bits per heavy atom. The van der Waals surface area contributed by atoms with Crippen LogP contribution < -0.4 is 5.32 Å². The molecule has 0 radical (unpaired) electrons. The molecule has 0 bridgehead atoms. The van der Waals surface area contributed by atoms with Crippen molar-refractivity contribution in [1.82, 2.24) is 5.32 Å². The number of ether oxygens (including phenoxy) is 4. The number of esters is 3. The molecular formula is C14H21NO8. The van der Waals surface area contributed by atoms with E-state index in [4.69, 9.17) is 14.2 Å². The molecule has 0 aromatic heterocycles. The number of hydrogen-bond acceptors (Lipinski definition) is 8. The average molecular weight is 331 g/mol. The average Bonchev–Trinajstić information content (AvgIpc) is 2.73. The van der Waals surface area contributed by atoms with Crippen molar-refractivity contribution >= 4 is 24.0 Å². The molecule has 0 aliphatic carbocycles. The molecule has 9 nitrogen and oxygen atoms in total. The van der Waals surface area contributed by atoms with Crippen LogP contribution in [0.25, 0.3) is 0 Å². The van der Waals surface area contributed by atoms with Gasteiger partial charge in [-0.15, -0.1) is 0 Å². The van der Waals surface area contributed by atoms with Gasteiger partial charge in [0.15, 0.2) is 6.10 Å². The van der Waals surface area contributed by atoms with Gasteiger partial charge in [-0.3, -0.25) is 9.59 Å². The van der Waals surface area contributed by atoms with Crippen molar-refractivity contribution in [2.45, 2.75) is 58.0 Å². The summed E-state index contributed by atoms with van der Waals surface area (Å²) in [6.45, 7) is 6.13. The molecule has 1 aliphatic heterocycles. The second-order valence-corrected chi connectivity index (χ2v) is 5.96. The number of hydrogen-bond donors (Lipinski definition) is 1. The van der Waals surface area contributed by atoms with Crippen molar-refractivity contribution in [2.24, 2.45) is 0 Å². The number of nitrogens with one attached hydrogen (secondary N) is 1. The fraction of sp³-hybridized carbons (Fsp3) is 0.714. The predicted molar refractivity (Wildman–Crippen MR) is 75.2 cm³/mol. The first kappa shape index (κ1) is 18.7. The molecule has 130 valence electrons. The Morgan fingerprint density at radius 3 is 2.39 bits per heavy atom. The Kier molecular flexibility index (Phi) is 5.94. The van der Waals surface area contributed by atoms with Crippen LogP contribution in [-0.4, -0.2) is 55.0 Å². The smallest absolute Gasteiger partial charge is 0.408 e. The van der Waals surface area contributed by atoms with E-state index in [-0.39, 0.29) is 6.42 Å². The van der Waals surface area contributed by atoms with Crippen molar-refractivity contribution in [3.63, 3.8) is 0 Å². The molecule has 0 spiro atoms. The molecule has 3 atom stereocenters. The first-order valence-corrected chi connectivity index (χ1v) is 6.97. The molecule has 1 aliphatic rings. The maximum absolute atomic E-state index is 11.8. The Bertz CT molecular complexity index is 495. The van der Waals surface area contributed by atoms with E-state index in [1.54, 1.807) is 20.8 Å². The van der Waals surface area contributed by atoms with Gasteiger partial charge in [0.05, 0.1) is 19.6 Å². The highest BCUT2D eigenvalue weighted by Gasteiger charge is 2.47. The first-order chi connectivity index (χ1) is 10.5. The van der Waals surface area contributed by atoms with E-state index >= 15 is 0 Å². The van der Waals surface area contributed by atoms with Crippen LogP contribution in [0.4, 0.5) is 4.79 Å². The van der Waals surface area contributed by atoms with Crippen LogP contribution >= 0.6 is 0 Å². The minimum Gasteiger partial charge on any atom is -0.466 e. The summed E-state index contributed by atoms with van der Waals surface area (Å²) in [5, 5.41) is 2.44. The number of cyclic esters (lactones) is 1. The summed E-state index contributed by atoms with van der Waals surface area (Å²) in [6, 6.07) is -0.888. The summed E-state index contributed by atoms with van der Waals surface area (Å²) in [5.41, 5.74) is -0.735. The van der Waals surface area contributed by atoms with Gasteiger partial charge in [-0.25, -0.2) is 9.59 Å². The maximum Gasteiger partial charge on any atom is 0.408 e. The summed E-state index contributed by atoms with van der Waals surface area (Å²) in [5.74, 6) is -2.28. The van der Waals surface area contributed by atoms with E-state index in [2.05, 4.69) is 10.1 Å². The summed E-state index contributed by atoms with van der Waals surface area (Å²) in [4.78, 5) is 46.3. The van der Waals surface area contributed by atoms with Crippen molar-refractivity contribution in [1.29, 1.82) is 0 Å². The lowest BCUT2D eigenvalue weighted by molar-refractivity contribution is -0.176. The Balaban J connectivity index is 2.88. The number of methoxy groups -OCH3 is 1. The van der Waals surface area contributed by atoms with Crippen LogP contribution in [-0.2, 0) is 33.3 Å². The lowest BCUT2D eigenvalue weighted by atomic mass is 10.1. The number of carbonyl (C=O) groups excluding carboxylic acids is 4. The third-order valence-electron chi connectivity index (χ3n) is 2.78. The molecule has 1 N–H and O–H groups in total. The Hall–Kier alpha value is -2.32. The van der Waals surface area contributed by atoms with Gasteiger partial charge in [-0.2, -0.15) is 0 Å². The van der Waals surface area contributed by atoms with E-state index in [0.717, 1.165) is 14.0 Å². The lowest BCUT2D eigenvalue weighted by Crippen LogP contribution is -2.51. The summed E-state index contributed by atoms with van der Waals surface area (Å²) in [7, 11) is 1.10. The van der Waals surface area contributed by atoms with Gasteiger partial charge < -0.3 is 24.3 Å². The van der Waals surface area contributed by atoms with Crippen LogP contribution in [0.5, 0.6) is 0 Å². The van der Waals surface area contributed by atoms with Gasteiger partial charge in [0.2, 0.25) is 6.10 Å². The normalized spacial score (nSPS) is 21.9. The van der Waals surface area contributed by atoms with Crippen molar-refractivity contribution in [2.75, 3.05) is 7.11 Å². The molecule has 0 aromatic carbocycles. The number of alkyl carbamates (subject to hydrolysis) is 1. The number of rotatable bonds is 4. The zero-order valence-electron chi connectivity index (χ0n) is 13.7. The molecule has 9 heteroatoms. The second-order valence-electron chi connectivity index (χ2n) is 5.96. The van der Waals surface area contributed by atoms with Crippen molar-refractivity contribution in [3.8, 4) is 0 Å².